The molecule has 1 unspecified atom stereocenters. The number of carbonyl (C=O) groups is 1. The van der Waals surface area contributed by atoms with Crippen LogP contribution in [0.4, 0.5) is 5.69 Å². The van der Waals surface area contributed by atoms with Crippen LogP contribution in [-0.2, 0) is 21.4 Å². The van der Waals surface area contributed by atoms with Crippen molar-refractivity contribution >= 4 is 21.6 Å². The SMILES string of the molecule is CNS(=O)(=O)c1cc(NC(=O)C[NH+](Cc2ccc(C(C)C)cc2)C2CC2)ccc1C. The van der Waals surface area contributed by atoms with Gasteiger partial charge in [0.25, 0.3) is 5.91 Å². The number of sulfonamides is 1. The zero-order valence-electron chi connectivity index (χ0n) is 18.2. The van der Waals surface area contributed by atoms with Crippen molar-refractivity contribution in [3.8, 4) is 0 Å². The Morgan fingerprint density at radius 1 is 1.13 bits per heavy atom. The predicted octanol–water partition coefficient (Wildman–Crippen LogP) is 2.21. The van der Waals surface area contributed by atoms with Gasteiger partial charge in [0.05, 0.1) is 10.9 Å². The Labute approximate surface area is 179 Å². The first-order valence-corrected chi connectivity index (χ1v) is 12.0. The molecule has 0 heterocycles. The van der Waals surface area contributed by atoms with E-state index in [0.717, 1.165) is 19.4 Å². The van der Waals surface area contributed by atoms with Gasteiger partial charge in [-0.1, -0.05) is 44.2 Å². The van der Waals surface area contributed by atoms with Crippen LogP contribution in [0.5, 0.6) is 0 Å². The Hall–Kier alpha value is -2.22. The molecule has 1 amide bonds. The van der Waals surface area contributed by atoms with E-state index in [2.05, 4.69) is 48.2 Å². The quantitative estimate of drug-likeness (QED) is 0.571. The lowest BCUT2D eigenvalue weighted by molar-refractivity contribution is -0.916. The van der Waals surface area contributed by atoms with Crippen LogP contribution in [0.25, 0.3) is 0 Å². The van der Waals surface area contributed by atoms with Gasteiger partial charge in [-0.05, 0) is 43.1 Å². The number of benzene rings is 2. The summed E-state index contributed by atoms with van der Waals surface area (Å²) in [6, 6.07) is 14.1. The monoisotopic (exact) mass is 430 g/mol. The summed E-state index contributed by atoms with van der Waals surface area (Å²) in [5, 5.41) is 2.88. The summed E-state index contributed by atoms with van der Waals surface area (Å²) in [6.45, 7) is 7.26. The normalized spacial score (nSPS) is 15.2. The highest BCUT2D eigenvalue weighted by Crippen LogP contribution is 2.20. The van der Waals surface area contributed by atoms with E-state index in [4.69, 9.17) is 0 Å². The Morgan fingerprint density at radius 2 is 1.80 bits per heavy atom. The summed E-state index contributed by atoms with van der Waals surface area (Å²) in [5.41, 5.74) is 3.68. The molecule has 0 spiro atoms. The van der Waals surface area contributed by atoms with Crippen molar-refractivity contribution in [2.75, 3.05) is 18.9 Å². The lowest BCUT2D eigenvalue weighted by Crippen LogP contribution is -3.13. The van der Waals surface area contributed by atoms with Gasteiger partial charge in [0, 0.05) is 24.1 Å². The van der Waals surface area contributed by atoms with Gasteiger partial charge in [0.1, 0.15) is 6.54 Å². The molecule has 2 aromatic carbocycles. The average molecular weight is 431 g/mol. The van der Waals surface area contributed by atoms with Gasteiger partial charge in [-0.25, -0.2) is 13.1 Å². The Morgan fingerprint density at radius 3 is 2.37 bits per heavy atom. The van der Waals surface area contributed by atoms with Crippen LogP contribution in [0, 0.1) is 6.92 Å². The molecular formula is C23H32N3O3S+. The highest BCUT2D eigenvalue weighted by Gasteiger charge is 2.34. The second-order valence-corrected chi connectivity index (χ2v) is 10.3. The summed E-state index contributed by atoms with van der Waals surface area (Å²) in [6.07, 6.45) is 2.28. The van der Waals surface area contributed by atoms with E-state index in [1.165, 1.54) is 29.1 Å². The second kappa shape index (κ2) is 9.29. The number of nitrogens with one attached hydrogen (secondary N) is 3. The molecule has 1 aliphatic rings. The van der Waals surface area contributed by atoms with Gasteiger partial charge in [-0.15, -0.1) is 0 Å². The molecule has 3 rings (SSSR count). The molecule has 7 heteroatoms. The smallest absolute Gasteiger partial charge is 0.279 e. The third kappa shape index (κ3) is 5.68. The summed E-state index contributed by atoms with van der Waals surface area (Å²) in [4.78, 5) is 14.1. The fraction of sp³-hybridized carbons (Fsp3) is 0.435. The molecule has 6 nitrogen and oxygen atoms in total. The van der Waals surface area contributed by atoms with Crippen LogP contribution in [0.1, 0.15) is 49.3 Å². The molecular weight excluding hydrogens is 398 g/mol. The molecule has 162 valence electrons. The molecule has 0 saturated heterocycles. The lowest BCUT2D eigenvalue weighted by atomic mass is 10.0. The van der Waals surface area contributed by atoms with Crippen molar-refractivity contribution in [2.45, 2.75) is 57.0 Å². The summed E-state index contributed by atoms with van der Waals surface area (Å²) in [7, 11) is -2.19. The zero-order valence-corrected chi connectivity index (χ0v) is 19.0. The summed E-state index contributed by atoms with van der Waals surface area (Å²) >= 11 is 0. The Bertz CT molecular complexity index is 997. The molecule has 1 fully saturated rings. The van der Waals surface area contributed by atoms with Crippen LogP contribution in [0.2, 0.25) is 0 Å². The number of rotatable bonds is 9. The van der Waals surface area contributed by atoms with E-state index in [1.54, 1.807) is 19.1 Å². The number of hydrogen-bond acceptors (Lipinski definition) is 3. The fourth-order valence-electron chi connectivity index (χ4n) is 3.61. The average Bonchev–Trinajstić information content (AvgIpc) is 3.54. The van der Waals surface area contributed by atoms with Gasteiger partial charge in [-0.3, -0.25) is 4.79 Å². The van der Waals surface area contributed by atoms with Gasteiger partial charge >= 0.3 is 0 Å². The van der Waals surface area contributed by atoms with E-state index < -0.39 is 10.0 Å². The highest BCUT2D eigenvalue weighted by atomic mass is 32.2. The highest BCUT2D eigenvalue weighted by molar-refractivity contribution is 7.89. The molecule has 1 aliphatic carbocycles. The maximum atomic E-state index is 12.7. The zero-order chi connectivity index (χ0) is 21.9. The summed E-state index contributed by atoms with van der Waals surface area (Å²) in [5.74, 6) is 0.398. The van der Waals surface area contributed by atoms with Crippen LogP contribution in [0.3, 0.4) is 0 Å². The van der Waals surface area contributed by atoms with Gasteiger partial charge in [-0.2, -0.15) is 0 Å². The molecule has 0 aromatic heterocycles. The topological polar surface area (TPSA) is 79.7 Å². The van der Waals surface area contributed by atoms with E-state index >= 15 is 0 Å². The van der Waals surface area contributed by atoms with Crippen LogP contribution in [0.15, 0.2) is 47.4 Å². The molecule has 1 saturated carbocycles. The third-order valence-corrected chi connectivity index (χ3v) is 7.21. The minimum absolute atomic E-state index is 0.104. The van der Waals surface area contributed by atoms with E-state index in [9.17, 15) is 13.2 Å². The maximum absolute atomic E-state index is 12.7. The number of aryl methyl sites for hydroxylation is 1. The first kappa shape index (κ1) is 22.5. The van der Waals surface area contributed by atoms with Crippen LogP contribution < -0.4 is 14.9 Å². The molecule has 3 N–H and O–H groups in total. The first-order chi connectivity index (χ1) is 14.2. The third-order valence-electron chi connectivity index (χ3n) is 5.65. The van der Waals surface area contributed by atoms with Crippen molar-refractivity contribution < 1.29 is 18.1 Å². The minimum Gasteiger partial charge on any atom is -0.321 e. The van der Waals surface area contributed by atoms with Crippen LogP contribution in [-0.4, -0.2) is 34.0 Å². The largest absolute Gasteiger partial charge is 0.321 e. The molecule has 1 atom stereocenters. The number of quaternary nitrogens is 1. The lowest BCUT2D eigenvalue weighted by Gasteiger charge is -2.19. The number of amides is 1. The molecule has 0 aliphatic heterocycles. The van der Waals surface area contributed by atoms with E-state index in [0.29, 0.717) is 29.8 Å². The van der Waals surface area contributed by atoms with E-state index in [1.807, 2.05) is 0 Å². The molecule has 30 heavy (non-hydrogen) atoms. The molecule has 0 bridgehead atoms. The fourth-order valence-corrected chi connectivity index (χ4v) is 4.61. The Balaban J connectivity index is 1.67. The van der Waals surface area contributed by atoms with Crippen LogP contribution >= 0.6 is 0 Å². The van der Waals surface area contributed by atoms with Crippen molar-refractivity contribution in [1.29, 1.82) is 0 Å². The number of carbonyl (C=O) groups excluding carboxylic acids is 1. The van der Waals surface area contributed by atoms with E-state index in [-0.39, 0.29) is 10.8 Å². The minimum atomic E-state index is -3.57. The van der Waals surface area contributed by atoms with Crippen molar-refractivity contribution in [1.82, 2.24) is 4.72 Å². The van der Waals surface area contributed by atoms with Crippen molar-refractivity contribution in [3.63, 3.8) is 0 Å². The van der Waals surface area contributed by atoms with Crippen molar-refractivity contribution in [3.05, 3.63) is 59.2 Å². The standard InChI is InChI=1S/C23H31N3O3S/c1-16(2)19-8-6-18(7-9-19)14-26(21-11-12-21)15-23(27)25-20-10-5-17(3)22(13-20)30(28,29)24-4/h5-10,13,16,21,24H,11-12,14-15H2,1-4H3,(H,25,27)/p+1. The van der Waals surface area contributed by atoms with Gasteiger partial charge < -0.3 is 10.2 Å². The first-order valence-electron chi connectivity index (χ1n) is 10.5. The van der Waals surface area contributed by atoms with Gasteiger partial charge in [0.15, 0.2) is 6.54 Å². The van der Waals surface area contributed by atoms with Crippen molar-refractivity contribution in [2.24, 2.45) is 0 Å². The summed E-state index contributed by atoms with van der Waals surface area (Å²) < 4.78 is 26.7. The molecule has 0 radical (unpaired) electrons. The number of anilines is 1. The van der Waals surface area contributed by atoms with Gasteiger partial charge in [0.2, 0.25) is 10.0 Å². The number of hydrogen-bond donors (Lipinski definition) is 3. The predicted molar refractivity (Wildman–Crippen MR) is 119 cm³/mol. The Kier molecular flexibility index (Phi) is 6.95. The maximum Gasteiger partial charge on any atom is 0.279 e. The molecule has 2 aromatic rings. The second-order valence-electron chi connectivity index (χ2n) is 8.42.